The van der Waals surface area contributed by atoms with E-state index in [0.29, 0.717) is 12.2 Å². The zero-order valence-corrected chi connectivity index (χ0v) is 15.5. The van der Waals surface area contributed by atoms with E-state index < -0.39 is 21.7 Å². The van der Waals surface area contributed by atoms with Gasteiger partial charge in [0.15, 0.2) is 0 Å². The van der Waals surface area contributed by atoms with Gasteiger partial charge in [-0.05, 0) is 49.4 Å². The van der Waals surface area contributed by atoms with Crippen molar-refractivity contribution in [2.75, 3.05) is 11.9 Å². The third-order valence-electron chi connectivity index (χ3n) is 5.23. The lowest BCUT2D eigenvalue weighted by Gasteiger charge is -2.24. The summed E-state index contributed by atoms with van der Waals surface area (Å²) < 4.78 is 27.9. The van der Waals surface area contributed by atoms with E-state index in [4.69, 9.17) is 0 Å². The van der Waals surface area contributed by atoms with Gasteiger partial charge in [-0.25, -0.2) is 8.42 Å². The molecule has 1 N–H and O–H groups in total. The van der Waals surface area contributed by atoms with Crippen molar-refractivity contribution >= 4 is 27.4 Å². The van der Waals surface area contributed by atoms with Crippen LogP contribution in [0.1, 0.15) is 35.2 Å². The van der Waals surface area contributed by atoms with Gasteiger partial charge in [0, 0.05) is 12.6 Å². The molecule has 0 bridgehead atoms. The molecule has 0 unspecified atom stereocenters. The van der Waals surface area contributed by atoms with Crippen molar-refractivity contribution in [2.24, 2.45) is 0 Å². The lowest BCUT2D eigenvalue weighted by molar-refractivity contribution is -0.112. The molecule has 6 nitrogen and oxygen atoms in total. The first-order chi connectivity index (χ1) is 13.0. The maximum absolute atomic E-state index is 13.2. The van der Waals surface area contributed by atoms with Crippen molar-refractivity contribution in [3.63, 3.8) is 0 Å². The van der Waals surface area contributed by atoms with Gasteiger partial charge in [-0.2, -0.15) is 4.31 Å². The van der Waals surface area contributed by atoms with E-state index in [9.17, 15) is 18.0 Å². The number of hydrogen-bond acceptors (Lipinski definition) is 4. The van der Waals surface area contributed by atoms with E-state index in [-0.39, 0.29) is 16.5 Å². The minimum Gasteiger partial charge on any atom is -0.318 e. The maximum atomic E-state index is 13.2. The Morgan fingerprint density at radius 2 is 1.85 bits per heavy atom. The van der Waals surface area contributed by atoms with E-state index in [1.807, 2.05) is 30.3 Å². The number of carbonyl (C=O) groups excluding carboxylic acids is 2. The molecule has 2 aliphatic heterocycles. The van der Waals surface area contributed by atoms with E-state index in [1.165, 1.54) is 23.8 Å². The second-order valence-electron chi connectivity index (χ2n) is 6.93. The van der Waals surface area contributed by atoms with Gasteiger partial charge in [0.1, 0.15) is 0 Å². The second-order valence-corrected chi connectivity index (χ2v) is 8.82. The monoisotopic (exact) mass is 384 g/mol. The quantitative estimate of drug-likeness (QED) is 0.803. The Morgan fingerprint density at radius 3 is 2.63 bits per heavy atom. The summed E-state index contributed by atoms with van der Waals surface area (Å²) in [5.41, 5.74) is 1.68. The van der Waals surface area contributed by atoms with Crippen LogP contribution < -0.4 is 5.32 Å². The Labute approximate surface area is 158 Å². The number of Topliss-reactive ketones (excluding diaryl/α,β-unsaturated/α-hetero) is 1. The highest BCUT2D eigenvalue weighted by atomic mass is 32.2. The lowest BCUT2D eigenvalue weighted by atomic mass is 10.0. The first-order valence-corrected chi connectivity index (χ1v) is 10.5. The SMILES string of the molecule is O=C1Nc2ccc(S(=O)(=O)N3CCC[C@@H]3CCc3ccccc3)cc2C1=O. The van der Waals surface area contributed by atoms with Crippen molar-refractivity contribution in [2.45, 2.75) is 36.6 Å². The van der Waals surface area contributed by atoms with Gasteiger partial charge < -0.3 is 5.32 Å². The first kappa shape index (κ1) is 17.9. The van der Waals surface area contributed by atoms with Gasteiger partial charge in [0.25, 0.3) is 11.7 Å². The maximum Gasteiger partial charge on any atom is 0.296 e. The van der Waals surface area contributed by atoms with Crippen LogP contribution in [0, 0.1) is 0 Å². The Morgan fingerprint density at radius 1 is 1.07 bits per heavy atom. The average molecular weight is 384 g/mol. The molecule has 1 amide bonds. The molecule has 1 fully saturated rings. The molecular formula is C20H20N2O4S. The van der Waals surface area contributed by atoms with Gasteiger partial charge in [-0.1, -0.05) is 30.3 Å². The molecule has 1 atom stereocenters. The standard InChI is InChI=1S/C20H20N2O4S/c23-19-17-13-16(10-11-18(17)21-20(19)24)27(25,26)22-12-4-7-15(22)9-8-14-5-2-1-3-6-14/h1-3,5-6,10-11,13,15H,4,7-9,12H2,(H,21,23,24)/t15-/m1/s1. The number of benzene rings is 2. The summed E-state index contributed by atoms with van der Waals surface area (Å²) >= 11 is 0. The number of aryl methyl sites for hydroxylation is 1. The predicted octanol–water partition coefficient (Wildman–Crippen LogP) is 2.61. The lowest BCUT2D eigenvalue weighted by Crippen LogP contribution is -2.35. The fraction of sp³-hybridized carbons (Fsp3) is 0.300. The van der Waals surface area contributed by atoms with Gasteiger partial charge in [-0.15, -0.1) is 0 Å². The highest BCUT2D eigenvalue weighted by Gasteiger charge is 2.36. The largest absolute Gasteiger partial charge is 0.318 e. The number of ketones is 1. The van der Waals surface area contributed by atoms with Crippen molar-refractivity contribution in [3.8, 4) is 0 Å². The molecule has 140 valence electrons. The number of sulfonamides is 1. The molecule has 2 aromatic rings. The molecule has 0 aliphatic carbocycles. The summed E-state index contributed by atoms with van der Waals surface area (Å²) in [5, 5.41) is 2.45. The number of nitrogens with one attached hydrogen (secondary N) is 1. The number of anilines is 1. The van der Waals surface area contributed by atoms with Crippen molar-refractivity contribution in [1.29, 1.82) is 0 Å². The summed E-state index contributed by atoms with van der Waals surface area (Å²) in [6.45, 7) is 0.476. The normalized spacial score (nSPS) is 19.9. The second kappa shape index (κ2) is 6.90. The van der Waals surface area contributed by atoms with Crippen LogP contribution in [0.25, 0.3) is 0 Å². The third-order valence-corrected chi connectivity index (χ3v) is 7.18. The Hall–Kier alpha value is -2.51. The van der Waals surface area contributed by atoms with E-state index in [0.717, 1.165) is 25.7 Å². The van der Waals surface area contributed by atoms with Gasteiger partial charge >= 0.3 is 0 Å². The third kappa shape index (κ3) is 3.28. The molecule has 2 heterocycles. The molecule has 2 aliphatic rings. The van der Waals surface area contributed by atoms with Crippen molar-refractivity contribution < 1.29 is 18.0 Å². The number of nitrogens with zero attached hydrogens (tertiary/aromatic N) is 1. The topological polar surface area (TPSA) is 83.6 Å². The summed E-state index contributed by atoms with van der Waals surface area (Å²) in [4.78, 5) is 23.5. The van der Waals surface area contributed by atoms with Gasteiger partial charge in [0.2, 0.25) is 10.0 Å². The summed E-state index contributed by atoms with van der Waals surface area (Å²) in [7, 11) is -3.71. The Balaban J connectivity index is 1.56. The number of amides is 1. The van der Waals surface area contributed by atoms with Crippen LogP contribution >= 0.6 is 0 Å². The smallest absolute Gasteiger partial charge is 0.296 e. The van der Waals surface area contributed by atoms with Crippen LogP contribution in [0.5, 0.6) is 0 Å². The van der Waals surface area contributed by atoms with Crippen LogP contribution in [0.3, 0.4) is 0 Å². The zero-order chi connectivity index (χ0) is 19.0. The average Bonchev–Trinajstić information content (AvgIpc) is 3.26. The minimum atomic E-state index is -3.71. The molecule has 4 rings (SSSR count). The molecule has 0 saturated carbocycles. The molecule has 0 spiro atoms. The van der Waals surface area contributed by atoms with Crippen LogP contribution in [-0.2, 0) is 21.2 Å². The van der Waals surface area contributed by atoms with Gasteiger partial charge in [-0.3, -0.25) is 9.59 Å². The van der Waals surface area contributed by atoms with Crippen LogP contribution in [0.15, 0.2) is 53.4 Å². The molecule has 27 heavy (non-hydrogen) atoms. The number of carbonyl (C=O) groups is 2. The fourth-order valence-electron chi connectivity index (χ4n) is 3.81. The van der Waals surface area contributed by atoms with Gasteiger partial charge in [0.05, 0.1) is 16.1 Å². The number of rotatable bonds is 5. The van der Waals surface area contributed by atoms with Crippen molar-refractivity contribution in [1.82, 2.24) is 4.31 Å². The molecular weight excluding hydrogens is 364 g/mol. The summed E-state index contributed by atoms with van der Waals surface area (Å²) in [6, 6.07) is 14.2. The van der Waals surface area contributed by atoms with E-state index in [1.54, 1.807) is 4.31 Å². The zero-order valence-electron chi connectivity index (χ0n) is 14.7. The highest BCUT2D eigenvalue weighted by Crippen LogP contribution is 2.32. The number of hydrogen-bond donors (Lipinski definition) is 1. The molecule has 2 aromatic carbocycles. The molecule has 0 aromatic heterocycles. The van der Waals surface area contributed by atoms with Crippen molar-refractivity contribution in [3.05, 3.63) is 59.7 Å². The van der Waals surface area contributed by atoms with Crippen LogP contribution in [0.4, 0.5) is 5.69 Å². The molecule has 1 saturated heterocycles. The summed E-state index contributed by atoms with van der Waals surface area (Å²) in [6.07, 6.45) is 3.23. The minimum absolute atomic E-state index is 0.0566. The Kier molecular flexibility index (Phi) is 4.57. The van der Waals surface area contributed by atoms with Crippen LogP contribution in [0.2, 0.25) is 0 Å². The van der Waals surface area contributed by atoms with Crippen LogP contribution in [-0.4, -0.2) is 37.0 Å². The first-order valence-electron chi connectivity index (χ1n) is 9.02. The summed E-state index contributed by atoms with van der Waals surface area (Å²) in [5.74, 6) is -1.41. The van der Waals surface area contributed by atoms with E-state index in [2.05, 4.69) is 5.32 Å². The molecule has 7 heteroatoms. The Bertz CT molecular complexity index is 1000. The fourth-order valence-corrected chi connectivity index (χ4v) is 5.56. The van der Waals surface area contributed by atoms with E-state index >= 15 is 0 Å². The number of fused-ring (bicyclic) bond motifs is 1. The predicted molar refractivity (Wildman–Crippen MR) is 101 cm³/mol. The molecule has 0 radical (unpaired) electrons. The highest BCUT2D eigenvalue weighted by molar-refractivity contribution is 7.89.